The Morgan fingerprint density at radius 1 is 1.35 bits per heavy atom. The maximum atomic E-state index is 4.23. The van der Waals surface area contributed by atoms with E-state index in [1.807, 2.05) is 18.8 Å². The Morgan fingerprint density at radius 2 is 2.09 bits per heavy atom. The molecule has 1 unspecified atom stereocenters. The first-order chi connectivity index (χ1) is 11.1. The second-order valence-corrected chi connectivity index (χ2v) is 7.42. The van der Waals surface area contributed by atoms with Crippen LogP contribution in [-0.4, -0.2) is 39.6 Å². The summed E-state index contributed by atoms with van der Waals surface area (Å²) in [7, 11) is 3.63. The highest BCUT2D eigenvalue weighted by Gasteiger charge is 2.07. The maximum absolute atomic E-state index is 4.23. The molecular weight excluding hydrogens is 376 g/mol. The van der Waals surface area contributed by atoms with Crippen molar-refractivity contribution >= 4 is 33.7 Å². The number of aryl methyl sites for hydroxylation is 1. The van der Waals surface area contributed by atoms with Gasteiger partial charge in [0.2, 0.25) is 0 Å². The summed E-state index contributed by atoms with van der Waals surface area (Å²) in [4.78, 5) is 9.66. The molecule has 1 heterocycles. The highest BCUT2D eigenvalue weighted by Crippen LogP contribution is 2.24. The second kappa shape index (κ2) is 8.93. The molecule has 1 atom stereocenters. The van der Waals surface area contributed by atoms with E-state index in [-0.39, 0.29) is 0 Å². The van der Waals surface area contributed by atoms with Gasteiger partial charge >= 0.3 is 0 Å². The van der Waals surface area contributed by atoms with Crippen molar-refractivity contribution in [3.05, 3.63) is 40.9 Å². The van der Waals surface area contributed by atoms with Gasteiger partial charge in [-0.1, -0.05) is 22.9 Å². The third-order valence-corrected chi connectivity index (χ3v) is 4.79. The number of rotatable bonds is 6. The van der Waals surface area contributed by atoms with E-state index in [9.17, 15) is 0 Å². The summed E-state index contributed by atoms with van der Waals surface area (Å²) in [5.74, 6) is 1.63. The van der Waals surface area contributed by atoms with Crippen LogP contribution in [-0.2, 0) is 13.6 Å². The van der Waals surface area contributed by atoms with E-state index < -0.39 is 0 Å². The number of nitrogens with one attached hydrogen (secondary N) is 2. The summed E-state index contributed by atoms with van der Waals surface area (Å²) < 4.78 is 2.84. The number of hydrogen-bond donors (Lipinski definition) is 2. The van der Waals surface area contributed by atoms with Crippen LogP contribution in [0.4, 0.5) is 0 Å². The van der Waals surface area contributed by atoms with Crippen LogP contribution < -0.4 is 10.6 Å². The zero-order valence-corrected chi connectivity index (χ0v) is 15.9. The van der Waals surface area contributed by atoms with Crippen molar-refractivity contribution in [3.8, 4) is 0 Å². The van der Waals surface area contributed by atoms with Gasteiger partial charge in [-0.05, 0) is 24.3 Å². The SMILES string of the molecule is CN=C(NCc1ncnn1C)NCC(C)Sc1ccc(Br)cc1. The lowest BCUT2D eigenvalue weighted by molar-refractivity contribution is 0.672. The van der Waals surface area contributed by atoms with Crippen LogP contribution >= 0.6 is 27.7 Å². The molecule has 0 radical (unpaired) electrons. The van der Waals surface area contributed by atoms with Crippen LogP contribution in [0.15, 0.2) is 45.0 Å². The third-order valence-electron chi connectivity index (χ3n) is 3.15. The molecule has 0 aliphatic rings. The van der Waals surface area contributed by atoms with Crippen LogP contribution in [0.2, 0.25) is 0 Å². The van der Waals surface area contributed by atoms with Crippen LogP contribution in [0.3, 0.4) is 0 Å². The summed E-state index contributed by atoms with van der Waals surface area (Å²) in [6.07, 6.45) is 1.55. The molecule has 0 saturated carbocycles. The quantitative estimate of drug-likeness (QED) is 0.445. The number of halogens is 1. The predicted octanol–water partition coefficient (Wildman–Crippen LogP) is 2.42. The van der Waals surface area contributed by atoms with Gasteiger partial charge in [0.25, 0.3) is 0 Å². The fourth-order valence-corrected chi connectivity index (χ4v) is 3.08. The van der Waals surface area contributed by atoms with Crippen molar-refractivity contribution in [1.82, 2.24) is 25.4 Å². The normalized spacial score (nSPS) is 13.0. The molecule has 0 saturated heterocycles. The van der Waals surface area contributed by atoms with Gasteiger partial charge in [0.15, 0.2) is 5.96 Å². The average molecular weight is 397 g/mol. The number of aliphatic imine (C=N–C) groups is 1. The molecule has 2 N–H and O–H groups in total. The first-order valence-electron chi connectivity index (χ1n) is 7.28. The van der Waals surface area contributed by atoms with Crippen LogP contribution in [0, 0.1) is 0 Å². The molecule has 2 aromatic rings. The average Bonchev–Trinajstić information content (AvgIpc) is 2.95. The Kier molecular flexibility index (Phi) is 6.91. The van der Waals surface area contributed by atoms with Gasteiger partial charge in [-0.2, -0.15) is 5.10 Å². The lowest BCUT2D eigenvalue weighted by atomic mass is 10.4. The number of hydrogen-bond acceptors (Lipinski definition) is 4. The molecule has 1 aromatic heterocycles. The fraction of sp³-hybridized carbons (Fsp3) is 0.400. The van der Waals surface area contributed by atoms with Crippen LogP contribution in [0.25, 0.3) is 0 Å². The largest absolute Gasteiger partial charge is 0.355 e. The van der Waals surface area contributed by atoms with Crippen molar-refractivity contribution < 1.29 is 0 Å². The van der Waals surface area contributed by atoms with E-state index in [4.69, 9.17) is 0 Å². The zero-order valence-electron chi connectivity index (χ0n) is 13.5. The van der Waals surface area contributed by atoms with E-state index in [0.29, 0.717) is 11.8 Å². The molecule has 0 aliphatic carbocycles. The monoisotopic (exact) mass is 396 g/mol. The Labute approximate surface area is 149 Å². The summed E-state index contributed by atoms with van der Waals surface area (Å²) in [6, 6.07) is 8.35. The van der Waals surface area contributed by atoms with Crippen LogP contribution in [0.1, 0.15) is 12.7 Å². The van der Waals surface area contributed by atoms with Gasteiger partial charge in [0, 0.05) is 35.3 Å². The Hall–Kier alpha value is -1.54. The zero-order chi connectivity index (χ0) is 16.7. The van der Waals surface area contributed by atoms with Gasteiger partial charge in [-0.15, -0.1) is 11.8 Å². The number of benzene rings is 1. The van der Waals surface area contributed by atoms with Crippen molar-refractivity contribution in [3.63, 3.8) is 0 Å². The summed E-state index contributed by atoms with van der Waals surface area (Å²) >= 11 is 5.28. The van der Waals surface area contributed by atoms with Crippen molar-refractivity contribution in [2.75, 3.05) is 13.6 Å². The van der Waals surface area contributed by atoms with E-state index in [0.717, 1.165) is 22.8 Å². The number of guanidine groups is 1. The standard InChI is InChI=1S/C15H21BrN6S/c1-11(23-13-6-4-12(16)5-7-13)8-18-15(17-2)19-9-14-20-10-21-22(14)3/h4-7,10-11H,8-9H2,1-3H3,(H2,17,18,19). The molecule has 124 valence electrons. The first kappa shape index (κ1) is 17.8. The van der Waals surface area contributed by atoms with Crippen molar-refractivity contribution in [1.29, 1.82) is 0 Å². The first-order valence-corrected chi connectivity index (χ1v) is 8.95. The Morgan fingerprint density at radius 3 is 2.70 bits per heavy atom. The molecule has 0 bridgehead atoms. The third kappa shape index (κ3) is 5.87. The van der Waals surface area contributed by atoms with Crippen LogP contribution in [0.5, 0.6) is 0 Å². The predicted molar refractivity (Wildman–Crippen MR) is 98.7 cm³/mol. The molecule has 0 aliphatic heterocycles. The molecular formula is C15H21BrN6S. The van der Waals surface area contributed by atoms with Gasteiger partial charge in [0.05, 0.1) is 6.54 Å². The summed E-state index contributed by atoms with van der Waals surface area (Å²) in [6.45, 7) is 3.60. The van der Waals surface area contributed by atoms with Gasteiger partial charge in [-0.25, -0.2) is 4.98 Å². The lowest BCUT2D eigenvalue weighted by Gasteiger charge is -2.15. The van der Waals surface area contributed by atoms with E-state index in [2.05, 4.69) is 72.8 Å². The maximum Gasteiger partial charge on any atom is 0.191 e. The second-order valence-electron chi connectivity index (χ2n) is 4.99. The molecule has 0 spiro atoms. The van der Waals surface area contributed by atoms with Gasteiger partial charge in [0.1, 0.15) is 12.2 Å². The van der Waals surface area contributed by atoms with Gasteiger partial charge < -0.3 is 10.6 Å². The Balaban J connectivity index is 1.76. The molecule has 2 rings (SSSR count). The smallest absolute Gasteiger partial charge is 0.191 e. The number of nitrogens with zero attached hydrogens (tertiary/aromatic N) is 4. The molecule has 8 heteroatoms. The minimum Gasteiger partial charge on any atom is -0.355 e. The summed E-state index contributed by atoms with van der Waals surface area (Å²) in [5, 5.41) is 11.0. The summed E-state index contributed by atoms with van der Waals surface area (Å²) in [5.41, 5.74) is 0. The van der Waals surface area contributed by atoms with Crippen molar-refractivity contribution in [2.45, 2.75) is 23.6 Å². The molecule has 0 fully saturated rings. The number of aromatic nitrogens is 3. The minimum absolute atomic E-state index is 0.421. The molecule has 6 nitrogen and oxygen atoms in total. The highest BCUT2D eigenvalue weighted by molar-refractivity contribution is 9.10. The van der Waals surface area contributed by atoms with Crippen molar-refractivity contribution in [2.24, 2.45) is 12.0 Å². The minimum atomic E-state index is 0.421. The van der Waals surface area contributed by atoms with Gasteiger partial charge in [-0.3, -0.25) is 9.67 Å². The number of thioether (sulfide) groups is 1. The van der Waals surface area contributed by atoms with E-state index in [1.54, 1.807) is 18.1 Å². The molecule has 1 aromatic carbocycles. The lowest BCUT2D eigenvalue weighted by Crippen LogP contribution is -2.40. The van der Waals surface area contributed by atoms with E-state index >= 15 is 0 Å². The topological polar surface area (TPSA) is 67.1 Å². The fourth-order valence-electron chi connectivity index (χ4n) is 1.89. The molecule has 0 amide bonds. The highest BCUT2D eigenvalue weighted by atomic mass is 79.9. The molecule has 23 heavy (non-hydrogen) atoms. The Bertz CT molecular complexity index is 640. The van der Waals surface area contributed by atoms with E-state index in [1.165, 1.54) is 4.90 Å².